The molecule has 1 heterocycles. The van der Waals surface area contributed by atoms with Crippen LogP contribution < -0.4 is 5.32 Å². The van der Waals surface area contributed by atoms with E-state index in [9.17, 15) is 0 Å². The fraction of sp³-hybridized carbons (Fsp3) is 0.769. The summed E-state index contributed by atoms with van der Waals surface area (Å²) < 4.78 is 10.8. The van der Waals surface area contributed by atoms with Gasteiger partial charge in [0.2, 0.25) is 0 Å². The first-order valence-electron chi connectivity index (χ1n) is 6.39. The lowest BCUT2D eigenvalue weighted by Crippen LogP contribution is -2.17. The Hall–Kier alpha value is -0.870. The minimum absolute atomic E-state index is 0.471. The van der Waals surface area contributed by atoms with Gasteiger partial charge in [-0.25, -0.2) is 4.98 Å². The predicted octanol–water partition coefficient (Wildman–Crippen LogP) is 2.04. The molecule has 0 amide bonds. The van der Waals surface area contributed by atoms with E-state index in [4.69, 9.17) is 9.15 Å². The van der Waals surface area contributed by atoms with Gasteiger partial charge in [-0.15, -0.1) is 0 Å². The highest BCUT2D eigenvalue weighted by atomic mass is 16.5. The molecule has 0 saturated heterocycles. The van der Waals surface area contributed by atoms with Crippen molar-refractivity contribution in [3.8, 4) is 0 Å². The summed E-state index contributed by atoms with van der Waals surface area (Å²) in [4.78, 5) is 4.28. The monoisotopic (exact) mass is 240 g/mol. The number of ether oxygens (including phenoxy) is 1. The molecule has 0 fully saturated rings. The van der Waals surface area contributed by atoms with E-state index in [-0.39, 0.29) is 0 Å². The molecule has 98 valence electrons. The number of hydrogen-bond donors (Lipinski definition) is 1. The summed E-state index contributed by atoms with van der Waals surface area (Å²) >= 11 is 0. The predicted molar refractivity (Wildman–Crippen MR) is 68.1 cm³/mol. The van der Waals surface area contributed by atoms with Crippen molar-refractivity contribution in [2.45, 2.75) is 33.1 Å². The zero-order valence-corrected chi connectivity index (χ0v) is 11.2. The molecule has 1 rings (SSSR count). The SMILES string of the molecule is CCCNCCc1ncc(CC(C)COC)o1. The van der Waals surface area contributed by atoms with E-state index in [0.29, 0.717) is 5.92 Å². The molecule has 0 saturated carbocycles. The second-order valence-electron chi connectivity index (χ2n) is 4.48. The maximum absolute atomic E-state index is 5.67. The first-order valence-corrected chi connectivity index (χ1v) is 6.39. The van der Waals surface area contributed by atoms with Crippen LogP contribution in [0.15, 0.2) is 10.6 Å². The van der Waals surface area contributed by atoms with Crippen molar-refractivity contribution >= 4 is 0 Å². The third-order valence-corrected chi connectivity index (χ3v) is 2.54. The van der Waals surface area contributed by atoms with Gasteiger partial charge in [0.1, 0.15) is 5.76 Å². The van der Waals surface area contributed by atoms with Gasteiger partial charge >= 0.3 is 0 Å². The fourth-order valence-electron chi connectivity index (χ4n) is 1.74. The number of methoxy groups -OCH3 is 1. The van der Waals surface area contributed by atoms with Gasteiger partial charge in [0.25, 0.3) is 0 Å². The van der Waals surface area contributed by atoms with Crippen LogP contribution in [0.2, 0.25) is 0 Å². The van der Waals surface area contributed by atoms with Crippen LogP contribution in [0.5, 0.6) is 0 Å². The average molecular weight is 240 g/mol. The standard InChI is InChI=1S/C13H24N2O2/c1-4-6-14-7-5-13-15-9-12(17-13)8-11(2)10-16-3/h9,11,14H,4-8,10H2,1-3H3. The Bertz CT molecular complexity index is 299. The molecule has 1 unspecified atom stereocenters. The Balaban J connectivity index is 2.27. The topological polar surface area (TPSA) is 47.3 Å². The molecule has 0 aliphatic heterocycles. The molecule has 0 bridgehead atoms. The summed E-state index contributed by atoms with van der Waals surface area (Å²) in [6.45, 7) is 7.05. The summed E-state index contributed by atoms with van der Waals surface area (Å²) in [5, 5.41) is 3.33. The highest BCUT2D eigenvalue weighted by Gasteiger charge is 2.08. The number of rotatable bonds is 9. The number of hydrogen-bond acceptors (Lipinski definition) is 4. The lowest BCUT2D eigenvalue weighted by molar-refractivity contribution is 0.156. The van der Waals surface area contributed by atoms with Gasteiger partial charge in [-0.05, 0) is 18.9 Å². The van der Waals surface area contributed by atoms with E-state index in [0.717, 1.165) is 50.6 Å². The molecule has 1 aromatic heterocycles. The molecule has 0 radical (unpaired) electrons. The minimum Gasteiger partial charge on any atom is -0.446 e. The van der Waals surface area contributed by atoms with Crippen molar-refractivity contribution in [3.63, 3.8) is 0 Å². The van der Waals surface area contributed by atoms with E-state index in [1.165, 1.54) is 0 Å². The molecule has 4 nitrogen and oxygen atoms in total. The number of aromatic nitrogens is 1. The van der Waals surface area contributed by atoms with Gasteiger partial charge in [0.05, 0.1) is 6.20 Å². The number of oxazole rings is 1. The minimum atomic E-state index is 0.471. The molecule has 1 atom stereocenters. The Labute approximate surface area is 104 Å². The highest BCUT2D eigenvalue weighted by molar-refractivity contribution is 4.95. The van der Waals surface area contributed by atoms with Gasteiger partial charge in [-0.2, -0.15) is 0 Å². The number of nitrogens with one attached hydrogen (secondary N) is 1. The van der Waals surface area contributed by atoms with Crippen molar-refractivity contribution < 1.29 is 9.15 Å². The van der Waals surface area contributed by atoms with Crippen molar-refractivity contribution in [2.24, 2.45) is 5.92 Å². The van der Waals surface area contributed by atoms with Crippen molar-refractivity contribution in [1.82, 2.24) is 10.3 Å². The lowest BCUT2D eigenvalue weighted by atomic mass is 10.1. The molecular formula is C13H24N2O2. The molecule has 0 aliphatic carbocycles. The van der Waals surface area contributed by atoms with Crippen LogP contribution in [-0.2, 0) is 17.6 Å². The quantitative estimate of drug-likeness (QED) is 0.671. The molecule has 1 aromatic rings. The maximum atomic E-state index is 5.67. The van der Waals surface area contributed by atoms with Gasteiger partial charge in [-0.3, -0.25) is 0 Å². The van der Waals surface area contributed by atoms with Crippen LogP contribution in [-0.4, -0.2) is 31.8 Å². The van der Waals surface area contributed by atoms with Gasteiger partial charge in [0.15, 0.2) is 5.89 Å². The summed E-state index contributed by atoms with van der Waals surface area (Å²) in [6, 6.07) is 0. The maximum Gasteiger partial charge on any atom is 0.195 e. The highest BCUT2D eigenvalue weighted by Crippen LogP contribution is 2.10. The average Bonchev–Trinajstić information content (AvgIpc) is 2.72. The van der Waals surface area contributed by atoms with Crippen molar-refractivity contribution in [3.05, 3.63) is 17.8 Å². The van der Waals surface area contributed by atoms with E-state index in [1.54, 1.807) is 7.11 Å². The summed E-state index contributed by atoms with van der Waals surface area (Å²) in [5.41, 5.74) is 0. The smallest absolute Gasteiger partial charge is 0.195 e. The zero-order valence-electron chi connectivity index (χ0n) is 11.2. The Morgan fingerprint density at radius 1 is 1.47 bits per heavy atom. The summed E-state index contributed by atoms with van der Waals surface area (Å²) in [5.74, 6) is 2.26. The molecule has 0 spiro atoms. The third-order valence-electron chi connectivity index (χ3n) is 2.54. The summed E-state index contributed by atoms with van der Waals surface area (Å²) in [6.07, 6.45) is 4.74. The normalized spacial score (nSPS) is 12.9. The second-order valence-corrected chi connectivity index (χ2v) is 4.48. The fourth-order valence-corrected chi connectivity index (χ4v) is 1.74. The van der Waals surface area contributed by atoms with Crippen LogP contribution in [0, 0.1) is 5.92 Å². The van der Waals surface area contributed by atoms with Crippen LogP contribution in [0.4, 0.5) is 0 Å². The first-order chi connectivity index (χ1) is 8.26. The van der Waals surface area contributed by atoms with Crippen molar-refractivity contribution in [2.75, 3.05) is 26.8 Å². The van der Waals surface area contributed by atoms with Crippen LogP contribution >= 0.6 is 0 Å². The largest absolute Gasteiger partial charge is 0.446 e. The second kappa shape index (κ2) is 8.25. The molecule has 0 aliphatic rings. The van der Waals surface area contributed by atoms with Gasteiger partial charge in [-0.1, -0.05) is 13.8 Å². The van der Waals surface area contributed by atoms with Crippen molar-refractivity contribution in [1.29, 1.82) is 0 Å². The number of nitrogens with zero attached hydrogens (tertiary/aromatic N) is 1. The molecule has 1 N–H and O–H groups in total. The van der Waals surface area contributed by atoms with Crippen LogP contribution in [0.25, 0.3) is 0 Å². The van der Waals surface area contributed by atoms with E-state index in [1.807, 2.05) is 6.20 Å². The van der Waals surface area contributed by atoms with Gasteiger partial charge in [0, 0.05) is 33.1 Å². The molecule has 17 heavy (non-hydrogen) atoms. The first kappa shape index (κ1) is 14.2. The van der Waals surface area contributed by atoms with Crippen LogP contribution in [0.1, 0.15) is 31.9 Å². The molecule has 4 heteroatoms. The molecular weight excluding hydrogens is 216 g/mol. The third kappa shape index (κ3) is 5.84. The molecule has 0 aromatic carbocycles. The van der Waals surface area contributed by atoms with E-state index < -0.39 is 0 Å². The Morgan fingerprint density at radius 3 is 3.00 bits per heavy atom. The van der Waals surface area contributed by atoms with E-state index in [2.05, 4.69) is 24.1 Å². The van der Waals surface area contributed by atoms with E-state index >= 15 is 0 Å². The lowest BCUT2D eigenvalue weighted by Gasteiger charge is -2.06. The van der Waals surface area contributed by atoms with Gasteiger partial charge < -0.3 is 14.5 Å². The Morgan fingerprint density at radius 2 is 2.29 bits per heavy atom. The summed E-state index contributed by atoms with van der Waals surface area (Å²) in [7, 11) is 1.72. The zero-order chi connectivity index (χ0) is 12.5. The Kier molecular flexibility index (Phi) is 6.89. The van der Waals surface area contributed by atoms with Crippen LogP contribution in [0.3, 0.4) is 0 Å².